The van der Waals surface area contributed by atoms with E-state index in [1.807, 2.05) is 30.3 Å². The molecule has 9 heteroatoms. The number of carbonyl (C=O) groups is 1. The summed E-state index contributed by atoms with van der Waals surface area (Å²) in [5, 5.41) is 7.07. The van der Waals surface area contributed by atoms with E-state index >= 15 is 0 Å². The zero-order chi connectivity index (χ0) is 19.8. The lowest BCUT2D eigenvalue weighted by molar-refractivity contribution is -0.120. The highest BCUT2D eigenvalue weighted by molar-refractivity contribution is 7.09. The molecular weight excluding hydrogens is 374 g/mol. The first-order valence-corrected chi connectivity index (χ1v) is 10.3. The Kier molecular flexibility index (Phi) is 7.18. The molecule has 0 radical (unpaired) electrons. The van der Waals surface area contributed by atoms with Gasteiger partial charge in [-0.05, 0) is 5.56 Å². The van der Waals surface area contributed by atoms with Gasteiger partial charge in [0.05, 0.1) is 6.54 Å². The second-order valence-electron chi connectivity index (χ2n) is 6.48. The van der Waals surface area contributed by atoms with Crippen molar-refractivity contribution in [2.75, 3.05) is 44.7 Å². The van der Waals surface area contributed by atoms with Crippen LogP contribution < -0.4 is 15.5 Å². The average molecular weight is 402 g/mol. The van der Waals surface area contributed by atoms with Crippen LogP contribution in [0.5, 0.6) is 0 Å². The van der Waals surface area contributed by atoms with Crippen LogP contribution in [0.25, 0.3) is 0 Å². The summed E-state index contributed by atoms with van der Waals surface area (Å²) in [6, 6.07) is 9.88. The number of hydrogen-bond donors (Lipinski definition) is 2. The van der Waals surface area contributed by atoms with Crippen LogP contribution in [0.2, 0.25) is 0 Å². The molecule has 150 valence electrons. The molecule has 0 aliphatic carbocycles. The van der Waals surface area contributed by atoms with E-state index in [1.54, 1.807) is 7.05 Å². The highest BCUT2D eigenvalue weighted by Crippen LogP contribution is 2.19. The Labute approximate surface area is 169 Å². The second-order valence-corrected chi connectivity index (χ2v) is 7.21. The van der Waals surface area contributed by atoms with E-state index in [2.05, 4.69) is 41.7 Å². The van der Waals surface area contributed by atoms with Gasteiger partial charge in [-0.15, -0.1) is 0 Å². The van der Waals surface area contributed by atoms with Crippen molar-refractivity contribution in [3.05, 3.63) is 41.7 Å². The van der Waals surface area contributed by atoms with Crippen molar-refractivity contribution in [2.45, 2.75) is 19.9 Å². The van der Waals surface area contributed by atoms with Crippen LogP contribution in [0, 0.1) is 0 Å². The Balaban J connectivity index is 1.42. The Morgan fingerprint density at radius 1 is 1.18 bits per heavy atom. The number of nitrogens with one attached hydrogen (secondary N) is 2. The van der Waals surface area contributed by atoms with Crippen molar-refractivity contribution in [3.63, 3.8) is 0 Å². The molecule has 0 unspecified atom stereocenters. The van der Waals surface area contributed by atoms with Gasteiger partial charge in [0.15, 0.2) is 5.96 Å². The molecule has 0 saturated carbocycles. The zero-order valence-electron chi connectivity index (χ0n) is 16.4. The number of aryl methyl sites for hydroxylation is 1. The first-order chi connectivity index (χ1) is 13.7. The Morgan fingerprint density at radius 2 is 1.93 bits per heavy atom. The summed E-state index contributed by atoms with van der Waals surface area (Å²) in [7, 11) is 1.74. The topological polar surface area (TPSA) is 85.8 Å². The van der Waals surface area contributed by atoms with E-state index in [9.17, 15) is 4.79 Å². The second kappa shape index (κ2) is 10.0. The molecule has 1 aromatic heterocycles. The number of carbonyl (C=O) groups excluding carboxylic acids is 1. The summed E-state index contributed by atoms with van der Waals surface area (Å²) in [6.45, 7) is 6.17. The van der Waals surface area contributed by atoms with Gasteiger partial charge in [-0.2, -0.15) is 4.37 Å². The van der Waals surface area contributed by atoms with Crippen LogP contribution in [-0.2, 0) is 17.8 Å². The Bertz CT molecular complexity index is 785. The van der Waals surface area contributed by atoms with Crippen LogP contribution in [0.15, 0.2) is 35.3 Å². The average Bonchev–Trinajstić information content (AvgIpc) is 3.23. The molecule has 1 aliphatic rings. The highest BCUT2D eigenvalue weighted by atomic mass is 32.1. The van der Waals surface area contributed by atoms with Crippen molar-refractivity contribution >= 4 is 28.5 Å². The molecule has 1 amide bonds. The standard InChI is InChI=1S/C19H27N7OS/c1-3-16-23-19(28-24-16)26-11-9-25(10-12-26)18(20-2)22-14-17(27)21-13-15-7-5-4-6-8-15/h4-8H,3,9-14H2,1-2H3,(H,20,22)(H,21,27). The summed E-state index contributed by atoms with van der Waals surface area (Å²) in [4.78, 5) is 25.4. The maximum atomic E-state index is 12.1. The molecule has 2 N–H and O–H groups in total. The number of hydrogen-bond acceptors (Lipinski definition) is 6. The molecule has 28 heavy (non-hydrogen) atoms. The molecule has 0 spiro atoms. The highest BCUT2D eigenvalue weighted by Gasteiger charge is 2.22. The summed E-state index contributed by atoms with van der Waals surface area (Å²) in [6.07, 6.45) is 0.860. The number of piperazine rings is 1. The van der Waals surface area contributed by atoms with E-state index in [0.29, 0.717) is 6.54 Å². The smallest absolute Gasteiger partial charge is 0.239 e. The van der Waals surface area contributed by atoms with Crippen molar-refractivity contribution in [3.8, 4) is 0 Å². The van der Waals surface area contributed by atoms with Crippen molar-refractivity contribution in [2.24, 2.45) is 4.99 Å². The number of guanidine groups is 1. The first-order valence-electron chi connectivity index (χ1n) is 9.53. The predicted octanol–water partition coefficient (Wildman–Crippen LogP) is 1.11. The molecule has 1 fully saturated rings. The number of benzene rings is 1. The first kappa shape index (κ1) is 20.1. The van der Waals surface area contributed by atoms with E-state index in [-0.39, 0.29) is 12.5 Å². The summed E-state index contributed by atoms with van der Waals surface area (Å²) < 4.78 is 4.36. The number of rotatable bonds is 6. The van der Waals surface area contributed by atoms with E-state index in [0.717, 1.165) is 55.1 Å². The Hall–Kier alpha value is -2.68. The fourth-order valence-electron chi connectivity index (χ4n) is 2.98. The van der Waals surface area contributed by atoms with Crippen LogP contribution in [0.3, 0.4) is 0 Å². The van der Waals surface area contributed by atoms with Gasteiger partial charge in [0.2, 0.25) is 11.0 Å². The SMILES string of the molecule is CCc1nsc(N2CCN(C(=NC)NCC(=O)NCc3ccccc3)CC2)n1. The summed E-state index contributed by atoms with van der Waals surface area (Å²) in [5.74, 6) is 1.60. The quantitative estimate of drug-likeness (QED) is 0.557. The molecule has 8 nitrogen and oxygen atoms in total. The van der Waals surface area contributed by atoms with Crippen LogP contribution in [0.1, 0.15) is 18.3 Å². The van der Waals surface area contributed by atoms with Gasteiger partial charge >= 0.3 is 0 Å². The minimum atomic E-state index is -0.0513. The lowest BCUT2D eigenvalue weighted by Crippen LogP contribution is -2.53. The van der Waals surface area contributed by atoms with Crippen LogP contribution in [-0.4, -0.2) is 65.9 Å². The minimum absolute atomic E-state index is 0.0513. The molecule has 2 aromatic rings. The molecule has 1 saturated heterocycles. The summed E-state index contributed by atoms with van der Waals surface area (Å²) >= 11 is 1.46. The number of aliphatic imine (C=N–C) groups is 1. The maximum Gasteiger partial charge on any atom is 0.239 e. The molecule has 0 atom stereocenters. The van der Waals surface area contributed by atoms with Crippen molar-refractivity contribution in [1.82, 2.24) is 24.9 Å². The minimum Gasteiger partial charge on any atom is -0.350 e. The predicted molar refractivity (Wildman–Crippen MR) is 113 cm³/mol. The number of amides is 1. The lowest BCUT2D eigenvalue weighted by Gasteiger charge is -2.36. The normalized spacial score (nSPS) is 14.9. The van der Waals surface area contributed by atoms with Crippen molar-refractivity contribution in [1.29, 1.82) is 0 Å². The van der Waals surface area contributed by atoms with Gasteiger partial charge in [-0.1, -0.05) is 37.3 Å². The van der Waals surface area contributed by atoms with E-state index in [4.69, 9.17) is 0 Å². The van der Waals surface area contributed by atoms with Crippen LogP contribution in [0.4, 0.5) is 5.13 Å². The van der Waals surface area contributed by atoms with Gasteiger partial charge in [-0.25, -0.2) is 4.98 Å². The van der Waals surface area contributed by atoms with E-state index in [1.165, 1.54) is 11.5 Å². The van der Waals surface area contributed by atoms with E-state index < -0.39 is 0 Å². The molecular formula is C19H27N7OS. The number of anilines is 1. The molecule has 2 heterocycles. The largest absolute Gasteiger partial charge is 0.350 e. The van der Waals surface area contributed by atoms with Gasteiger partial charge < -0.3 is 20.4 Å². The maximum absolute atomic E-state index is 12.1. The fraction of sp³-hybridized carbons (Fsp3) is 0.474. The Morgan fingerprint density at radius 3 is 2.57 bits per heavy atom. The van der Waals surface area contributed by atoms with Gasteiger partial charge in [-0.3, -0.25) is 9.79 Å². The lowest BCUT2D eigenvalue weighted by atomic mass is 10.2. The van der Waals surface area contributed by atoms with Gasteiger partial charge in [0.25, 0.3) is 0 Å². The number of aromatic nitrogens is 2. The molecule has 1 aromatic carbocycles. The van der Waals surface area contributed by atoms with Gasteiger partial charge in [0.1, 0.15) is 5.82 Å². The van der Waals surface area contributed by atoms with Crippen LogP contribution >= 0.6 is 11.5 Å². The van der Waals surface area contributed by atoms with Crippen molar-refractivity contribution < 1.29 is 4.79 Å². The third-order valence-corrected chi connectivity index (χ3v) is 5.39. The molecule has 0 bridgehead atoms. The fourth-order valence-corrected chi connectivity index (χ4v) is 3.78. The third kappa shape index (κ3) is 5.41. The molecule has 1 aliphatic heterocycles. The summed E-state index contributed by atoms with van der Waals surface area (Å²) in [5.41, 5.74) is 1.08. The monoisotopic (exact) mass is 401 g/mol. The van der Waals surface area contributed by atoms with Gasteiger partial charge in [0, 0.05) is 57.7 Å². The number of nitrogens with zero attached hydrogens (tertiary/aromatic N) is 5. The molecule has 3 rings (SSSR count). The zero-order valence-corrected chi connectivity index (χ0v) is 17.2. The third-order valence-electron chi connectivity index (χ3n) is 4.57.